The van der Waals surface area contributed by atoms with E-state index in [2.05, 4.69) is 10.0 Å². The van der Waals surface area contributed by atoms with Crippen LogP contribution in [-0.2, 0) is 26.8 Å². The second-order valence-electron chi connectivity index (χ2n) is 4.70. The predicted octanol–water partition coefficient (Wildman–Crippen LogP) is -0.377. The fraction of sp³-hybridized carbons (Fsp3) is 0.500. The lowest BCUT2D eigenvalue weighted by Gasteiger charge is -2.15. The van der Waals surface area contributed by atoms with Crippen LogP contribution in [0.1, 0.15) is 18.1 Å². The third-order valence-electron chi connectivity index (χ3n) is 2.75. The molecule has 1 aromatic carbocycles. The minimum Gasteiger partial charge on any atom is -0.412 e. The molecule has 0 aromatic heterocycles. The largest absolute Gasteiger partial charge is 0.412 e. The zero-order valence-electron chi connectivity index (χ0n) is 13.7. The first kappa shape index (κ1) is 24.8. The van der Waals surface area contributed by atoms with E-state index < -0.39 is 20.4 Å². The highest BCUT2D eigenvalue weighted by atomic mass is 32.3. The van der Waals surface area contributed by atoms with Crippen molar-refractivity contribution in [3.63, 3.8) is 0 Å². The van der Waals surface area contributed by atoms with Crippen LogP contribution in [0.25, 0.3) is 0 Å². The Bertz CT molecular complexity index is 710. The van der Waals surface area contributed by atoms with Gasteiger partial charge in [0.15, 0.2) is 0 Å². The highest BCUT2D eigenvalue weighted by Crippen LogP contribution is 2.25. The number of rotatable bonds is 6. The molecule has 24 heavy (non-hydrogen) atoms. The lowest BCUT2D eigenvalue weighted by Crippen LogP contribution is -2.24. The molecule has 0 bridgehead atoms. The van der Waals surface area contributed by atoms with Gasteiger partial charge in [-0.25, -0.2) is 13.1 Å². The van der Waals surface area contributed by atoms with E-state index in [4.69, 9.17) is 23.3 Å². The van der Waals surface area contributed by atoms with Crippen LogP contribution in [0.4, 0.5) is 11.4 Å². The number of nitrogens with two attached hydrogens (primary N) is 1. The fourth-order valence-electron chi connectivity index (χ4n) is 1.81. The summed E-state index contributed by atoms with van der Waals surface area (Å²) < 4.78 is 56.1. The average Bonchev–Trinajstić information content (AvgIpc) is 2.34. The molecule has 142 valence electrons. The van der Waals surface area contributed by atoms with Gasteiger partial charge in [-0.05, 0) is 43.5 Å². The number of hydrogen-bond acceptors (Lipinski definition) is 6. The van der Waals surface area contributed by atoms with Crippen LogP contribution >= 0.6 is 0 Å². The van der Waals surface area contributed by atoms with Crippen LogP contribution in [0, 0.1) is 6.92 Å². The topological polar surface area (TPSA) is 190 Å². The monoisotopic (exact) mass is 387 g/mol. The van der Waals surface area contributed by atoms with Gasteiger partial charge in [-0.3, -0.25) is 9.11 Å². The Labute approximate surface area is 142 Å². The van der Waals surface area contributed by atoms with Gasteiger partial charge in [-0.2, -0.15) is 8.42 Å². The molecule has 0 aliphatic heterocycles. The van der Waals surface area contributed by atoms with Gasteiger partial charge < -0.3 is 16.5 Å². The Morgan fingerprint density at radius 3 is 2.08 bits per heavy atom. The van der Waals surface area contributed by atoms with Crippen molar-refractivity contribution in [1.29, 1.82) is 0 Å². The van der Waals surface area contributed by atoms with Crippen LogP contribution in [0.2, 0.25) is 0 Å². The maximum Gasteiger partial charge on any atom is 0.394 e. The summed E-state index contributed by atoms with van der Waals surface area (Å²) in [6.07, 6.45) is 1.77. The second kappa shape index (κ2) is 10.4. The van der Waals surface area contributed by atoms with Gasteiger partial charge in [-0.15, -0.1) is 0 Å². The molecule has 0 aliphatic rings. The maximum atomic E-state index is 11.0. The summed E-state index contributed by atoms with van der Waals surface area (Å²) in [6.45, 7) is 5.16. The molecule has 0 fully saturated rings. The smallest absolute Gasteiger partial charge is 0.394 e. The minimum atomic E-state index is -4.67. The van der Waals surface area contributed by atoms with E-state index in [0.29, 0.717) is 13.0 Å². The standard InChI is InChI=1S/C12H21N3O2S.H2O4S.H2O/c1-4-14-12-6-5-11(13)9(2)10(12)7-8-15-18(3,16)17;1-5(2,3)4;/h5-6,14-15H,4,7-8,13H2,1-3H3;(H2,1,2,3,4);1H2. The summed E-state index contributed by atoms with van der Waals surface area (Å²) in [5.41, 5.74) is 9.68. The summed E-state index contributed by atoms with van der Waals surface area (Å²) in [6, 6.07) is 3.79. The molecule has 0 saturated heterocycles. The fourth-order valence-corrected chi connectivity index (χ4v) is 2.29. The normalized spacial score (nSPS) is 11.0. The van der Waals surface area contributed by atoms with Crippen molar-refractivity contribution in [2.75, 3.05) is 30.4 Å². The van der Waals surface area contributed by atoms with E-state index >= 15 is 0 Å². The zero-order valence-corrected chi connectivity index (χ0v) is 15.3. The van der Waals surface area contributed by atoms with Crippen molar-refractivity contribution in [2.24, 2.45) is 0 Å². The molecular formula is C12H25N3O7S2. The first-order valence-electron chi connectivity index (χ1n) is 6.61. The van der Waals surface area contributed by atoms with Crippen LogP contribution in [0.15, 0.2) is 12.1 Å². The first-order chi connectivity index (χ1) is 10.3. The molecule has 1 aromatic rings. The van der Waals surface area contributed by atoms with Crippen molar-refractivity contribution in [3.8, 4) is 0 Å². The number of anilines is 2. The number of hydrogen-bond donors (Lipinski definition) is 5. The molecule has 12 heteroatoms. The lowest BCUT2D eigenvalue weighted by atomic mass is 10.0. The van der Waals surface area contributed by atoms with E-state index in [9.17, 15) is 8.42 Å². The Balaban J connectivity index is 0. The van der Waals surface area contributed by atoms with Crippen molar-refractivity contribution in [2.45, 2.75) is 20.3 Å². The van der Waals surface area contributed by atoms with Crippen LogP contribution in [0.3, 0.4) is 0 Å². The SMILES string of the molecule is CCNc1ccc(N)c(C)c1CCNS(C)(=O)=O.O.O=S(=O)(O)O. The van der Waals surface area contributed by atoms with Gasteiger partial charge in [0.05, 0.1) is 6.26 Å². The Morgan fingerprint density at radius 1 is 1.17 bits per heavy atom. The minimum absolute atomic E-state index is 0. The van der Waals surface area contributed by atoms with Crippen LogP contribution in [-0.4, -0.2) is 50.8 Å². The molecular weight excluding hydrogens is 362 g/mol. The Kier molecular flexibility index (Phi) is 10.8. The molecule has 10 nitrogen and oxygen atoms in total. The zero-order chi connectivity index (χ0) is 18.3. The molecule has 0 saturated carbocycles. The molecule has 0 atom stereocenters. The van der Waals surface area contributed by atoms with Crippen LogP contribution < -0.4 is 15.8 Å². The van der Waals surface area contributed by atoms with E-state index in [0.717, 1.165) is 35.3 Å². The van der Waals surface area contributed by atoms with Crippen molar-refractivity contribution < 1.29 is 31.4 Å². The van der Waals surface area contributed by atoms with Crippen molar-refractivity contribution >= 4 is 31.8 Å². The number of nitrogen functional groups attached to an aromatic ring is 1. The average molecular weight is 387 g/mol. The number of benzene rings is 1. The number of nitrogens with one attached hydrogen (secondary N) is 2. The maximum absolute atomic E-state index is 11.0. The molecule has 0 heterocycles. The molecule has 1 rings (SSSR count). The summed E-state index contributed by atoms with van der Waals surface area (Å²) in [5.74, 6) is 0. The quantitative estimate of drug-likeness (QED) is 0.322. The van der Waals surface area contributed by atoms with E-state index in [1.54, 1.807) is 0 Å². The molecule has 0 unspecified atom stereocenters. The van der Waals surface area contributed by atoms with Crippen molar-refractivity contribution in [3.05, 3.63) is 23.3 Å². The van der Waals surface area contributed by atoms with Gasteiger partial charge in [0.2, 0.25) is 10.0 Å². The van der Waals surface area contributed by atoms with E-state index in [1.807, 2.05) is 26.0 Å². The first-order valence-corrected chi connectivity index (χ1v) is 9.90. The Hall–Kier alpha value is -1.44. The lowest BCUT2D eigenvalue weighted by molar-refractivity contribution is 0.381. The molecule has 0 spiro atoms. The predicted molar refractivity (Wildman–Crippen MR) is 94.1 cm³/mol. The van der Waals surface area contributed by atoms with Gasteiger partial charge in [0.1, 0.15) is 0 Å². The Morgan fingerprint density at radius 2 is 1.67 bits per heavy atom. The number of sulfonamides is 1. The molecule has 0 aliphatic carbocycles. The van der Waals surface area contributed by atoms with Crippen LogP contribution in [0.5, 0.6) is 0 Å². The van der Waals surface area contributed by atoms with E-state index in [-0.39, 0.29) is 5.48 Å². The van der Waals surface area contributed by atoms with Gasteiger partial charge >= 0.3 is 10.4 Å². The van der Waals surface area contributed by atoms with Gasteiger partial charge in [-0.1, -0.05) is 0 Å². The highest BCUT2D eigenvalue weighted by Gasteiger charge is 2.09. The summed E-state index contributed by atoms with van der Waals surface area (Å²) in [4.78, 5) is 0. The second-order valence-corrected chi connectivity index (χ2v) is 7.43. The molecule has 8 N–H and O–H groups in total. The summed E-state index contributed by atoms with van der Waals surface area (Å²) in [7, 11) is -7.81. The summed E-state index contributed by atoms with van der Waals surface area (Å²) >= 11 is 0. The molecule has 0 radical (unpaired) electrons. The van der Waals surface area contributed by atoms with E-state index in [1.165, 1.54) is 0 Å². The third kappa shape index (κ3) is 12.0. The third-order valence-corrected chi connectivity index (χ3v) is 3.48. The van der Waals surface area contributed by atoms with Crippen molar-refractivity contribution in [1.82, 2.24) is 4.72 Å². The summed E-state index contributed by atoms with van der Waals surface area (Å²) in [5, 5.41) is 3.26. The highest BCUT2D eigenvalue weighted by molar-refractivity contribution is 7.88. The van der Waals surface area contributed by atoms with Gasteiger partial charge in [0, 0.05) is 24.5 Å². The molecule has 0 amide bonds. The van der Waals surface area contributed by atoms with Gasteiger partial charge in [0.25, 0.3) is 0 Å².